The van der Waals surface area contributed by atoms with Gasteiger partial charge in [0.1, 0.15) is 5.00 Å². The number of thiophene rings is 1. The maximum absolute atomic E-state index is 12.1. The molecule has 0 saturated heterocycles. The van der Waals surface area contributed by atoms with Crippen molar-refractivity contribution in [1.29, 1.82) is 0 Å². The Morgan fingerprint density at radius 2 is 1.84 bits per heavy atom. The Kier molecular flexibility index (Phi) is 6.54. The van der Waals surface area contributed by atoms with E-state index in [9.17, 15) is 14.4 Å². The summed E-state index contributed by atoms with van der Waals surface area (Å²) in [6, 6.07) is 6.93. The number of ether oxygens (including phenoxy) is 2. The number of esters is 2. The van der Waals surface area contributed by atoms with Crippen LogP contribution in [0.2, 0.25) is 0 Å². The molecular formula is C17H16INO5S. The molecule has 0 spiro atoms. The van der Waals surface area contributed by atoms with Crippen LogP contribution in [0.5, 0.6) is 0 Å². The highest BCUT2D eigenvalue weighted by Crippen LogP contribution is 2.32. The minimum atomic E-state index is -0.577. The fraction of sp³-hybridized carbons (Fsp3) is 0.235. The van der Waals surface area contributed by atoms with Crippen molar-refractivity contribution in [3.8, 4) is 0 Å². The largest absolute Gasteiger partial charge is 0.465 e. The molecule has 6 nitrogen and oxygen atoms in total. The van der Waals surface area contributed by atoms with Gasteiger partial charge in [0.05, 0.1) is 18.2 Å². The van der Waals surface area contributed by atoms with Crippen LogP contribution < -0.4 is 5.32 Å². The number of methoxy groups -OCH3 is 1. The Morgan fingerprint density at radius 1 is 1.16 bits per heavy atom. The predicted octanol–water partition coefficient (Wildman–Crippen LogP) is 3.55. The molecule has 0 bridgehead atoms. The SMILES string of the molecule is COC(=O)c1c(NC(=O)COC(=O)c2ccccc2I)sc(C)c1C. The van der Waals surface area contributed by atoms with Crippen LogP contribution in [0.25, 0.3) is 0 Å². The van der Waals surface area contributed by atoms with E-state index in [0.717, 1.165) is 14.0 Å². The van der Waals surface area contributed by atoms with Crippen LogP contribution in [-0.4, -0.2) is 31.6 Å². The fourth-order valence-electron chi connectivity index (χ4n) is 2.06. The quantitative estimate of drug-likeness (QED) is 0.531. The van der Waals surface area contributed by atoms with Crippen molar-refractivity contribution in [2.45, 2.75) is 13.8 Å². The molecule has 0 aliphatic carbocycles. The number of rotatable bonds is 5. The van der Waals surface area contributed by atoms with E-state index >= 15 is 0 Å². The molecule has 1 aromatic heterocycles. The van der Waals surface area contributed by atoms with Crippen LogP contribution in [0.1, 0.15) is 31.2 Å². The first-order valence-electron chi connectivity index (χ1n) is 7.25. The second-order valence-corrected chi connectivity index (χ2v) is 7.47. The lowest BCUT2D eigenvalue weighted by molar-refractivity contribution is -0.119. The lowest BCUT2D eigenvalue weighted by atomic mass is 10.1. The number of carbonyl (C=O) groups is 3. The number of benzene rings is 1. The molecule has 1 heterocycles. The van der Waals surface area contributed by atoms with Crippen LogP contribution in [0.15, 0.2) is 24.3 Å². The number of anilines is 1. The lowest BCUT2D eigenvalue weighted by Crippen LogP contribution is -2.22. The third-order valence-electron chi connectivity index (χ3n) is 3.46. The highest BCUT2D eigenvalue weighted by atomic mass is 127. The van der Waals surface area contributed by atoms with Gasteiger partial charge in [0, 0.05) is 8.45 Å². The van der Waals surface area contributed by atoms with Gasteiger partial charge in [-0.15, -0.1) is 11.3 Å². The fourth-order valence-corrected chi connectivity index (χ4v) is 3.73. The van der Waals surface area contributed by atoms with Crippen molar-refractivity contribution >= 4 is 56.8 Å². The normalized spacial score (nSPS) is 10.2. The van der Waals surface area contributed by atoms with Crippen molar-refractivity contribution in [2.75, 3.05) is 19.0 Å². The van der Waals surface area contributed by atoms with Gasteiger partial charge in [-0.25, -0.2) is 9.59 Å². The highest BCUT2D eigenvalue weighted by Gasteiger charge is 2.22. The molecule has 8 heteroatoms. The first kappa shape index (κ1) is 19.4. The molecule has 0 unspecified atom stereocenters. The number of halogens is 1. The van der Waals surface area contributed by atoms with E-state index in [0.29, 0.717) is 16.1 Å². The molecule has 132 valence electrons. The molecule has 1 aromatic carbocycles. The smallest absolute Gasteiger partial charge is 0.341 e. The number of nitrogens with one attached hydrogen (secondary N) is 1. The Balaban J connectivity index is 2.04. The summed E-state index contributed by atoms with van der Waals surface area (Å²) in [5, 5.41) is 2.99. The first-order chi connectivity index (χ1) is 11.8. The van der Waals surface area contributed by atoms with Gasteiger partial charge in [-0.3, -0.25) is 4.79 Å². The zero-order valence-corrected chi connectivity index (χ0v) is 16.8. The van der Waals surface area contributed by atoms with Gasteiger partial charge >= 0.3 is 11.9 Å². The van der Waals surface area contributed by atoms with Gasteiger partial charge in [-0.1, -0.05) is 12.1 Å². The molecule has 2 rings (SSSR count). The van der Waals surface area contributed by atoms with Crippen LogP contribution in [-0.2, 0) is 14.3 Å². The van der Waals surface area contributed by atoms with E-state index in [2.05, 4.69) is 5.32 Å². The first-order valence-corrected chi connectivity index (χ1v) is 9.14. The minimum absolute atomic E-state index is 0.322. The zero-order valence-electron chi connectivity index (χ0n) is 13.8. The van der Waals surface area contributed by atoms with E-state index in [1.165, 1.54) is 18.4 Å². The van der Waals surface area contributed by atoms with Gasteiger partial charge in [0.2, 0.25) is 0 Å². The number of carbonyl (C=O) groups excluding carboxylic acids is 3. The molecule has 0 saturated carbocycles. The van der Waals surface area contributed by atoms with E-state index in [1.54, 1.807) is 31.2 Å². The Labute approximate surface area is 162 Å². The highest BCUT2D eigenvalue weighted by molar-refractivity contribution is 14.1. The van der Waals surface area contributed by atoms with Crippen molar-refractivity contribution < 1.29 is 23.9 Å². The summed E-state index contributed by atoms with van der Waals surface area (Å²) in [4.78, 5) is 36.9. The number of hydrogen-bond acceptors (Lipinski definition) is 6. The van der Waals surface area contributed by atoms with E-state index in [-0.39, 0.29) is 0 Å². The van der Waals surface area contributed by atoms with E-state index < -0.39 is 24.5 Å². The standard InChI is InChI=1S/C17H16INO5S/c1-9-10(2)25-15(14(9)17(22)23-3)19-13(20)8-24-16(21)11-6-4-5-7-12(11)18/h4-7H,8H2,1-3H3,(H,19,20). The Bertz CT molecular complexity index is 830. The number of aryl methyl sites for hydroxylation is 1. The molecule has 0 fully saturated rings. The summed E-state index contributed by atoms with van der Waals surface area (Å²) in [7, 11) is 1.28. The van der Waals surface area contributed by atoms with Gasteiger partial charge in [0.15, 0.2) is 6.61 Å². The van der Waals surface area contributed by atoms with E-state index in [4.69, 9.17) is 9.47 Å². The predicted molar refractivity (Wildman–Crippen MR) is 103 cm³/mol. The summed E-state index contributed by atoms with van der Waals surface area (Å²) in [6.45, 7) is 3.19. The molecule has 0 radical (unpaired) electrons. The summed E-state index contributed by atoms with van der Waals surface area (Å²) < 4.78 is 10.5. The van der Waals surface area contributed by atoms with Crippen molar-refractivity contribution in [3.05, 3.63) is 49.4 Å². The summed E-state index contributed by atoms with van der Waals surface area (Å²) >= 11 is 3.29. The topological polar surface area (TPSA) is 81.7 Å². The van der Waals surface area contributed by atoms with Crippen molar-refractivity contribution in [2.24, 2.45) is 0 Å². The third kappa shape index (κ3) is 4.57. The maximum Gasteiger partial charge on any atom is 0.341 e. The van der Waals surface area contributed by atoms with Gasteiger partial charge < -0.3 is 14.8 Å². The second kappa shape index (κ2) is 8.43. The number of hydrogen-bond donors (Lipinski definition) is 1. The summed E-state index contributed by atoms with van der Waals surface area (Å²) in [6.07, 6.45) is 0. The summed E-state index contributed by atoms with van der Waals surface area (Å²) in [5.41, 5.74) is 1.47. The molecule has 0 atom stereocenters. The summed E-state index contributed by atoms with van der Waals surface area (Å²) in [5.74, 6) is -1.62. The third-order valence-corrected chi connectivity index (χ3v) is 5.52. The van der Waals surface area contributed by atoms with Crippen molar-refractivity contribution in [1.82, 2.24) is 0 Å². The molecular weight excluding hydrogens is 457 g/mol. The zero-order chi connectivity index (χ0) is 18.6. The van der Waals surface area contributed by atoms with E-state index in [1.807, 2.05) is 29.5 Å². The van der Waals surface area contributed by atoms with Crippen molar-refractivity contribution in [3.63, 3.8) is 0 Å². The Hall–Kier alpha value is -1.94. The molecule has 0 aliphatic heterocycles. The van der Waals surface area contributed by atoms with Gasteiger partial charge in [-0.2, -0.15) is 0 Å². The lowest BCUT2D eigenvalue weighted by Gasteiger charge is -2.08. The van der Waals surface area contributed by atoms with Crippen LogP contribution >= 0.6 is 33.9 Å². The monoisotopic (exact) mass is 473 g/mol. The molecule has 1 amide bonds. The van der Waals surface area contributed by atoms with Crippen LogP contribution in [0, 0.1) is 17.4 Å². The van der Waals surface area contributed by atoms with Gasteiger partial charge in [0.25, 0.3) is 5.91 Å². The maximum atomic E-state index is 12.1. The van der Waals surface area contributed by atoms with Crippen LogP contribution in [0.3, 0.4) is 0 Å². The molecule has 25 heavy (non-hydrogen) atoms. The average molecular weight is 473 g/mol. The average Bonchev–Trinajstić information content (AvgIpc) is 2.86. The molecule has 2 aromatic rings. The second-order valence-electron chi connectivity index (χ2n) is 5.08. The Morgan fingerprint density at radius 3 is 2.48 bits per heavy atom. The molecule has 0 aliphatic rings. The van der Waals surface area contributed by atoms with Crippen LogP contribution in [0.4, 0.5) is 5.00 Å². The van der Waals surface area contributed by atoms with Gasteiger partial charge in [-0.05, 0) is 54.1 Å². The number of amides is 1. The molecule has 1 N–H and O–H groups in total. The minimum Gasteiger partial charge on any atom is -0.465 e.